The van der Waals surface area contributed by atoms with Gasteiger partial charge in [-0.1, -0.05) is 15.9 Å². The van der Waals surface area contributed by atoms with Crippen molar-refractivity contribution in [2.45, 2.75) is 12.5 Å². The van der Waals surface area contributed by atoms with Gasteiger partial charge in [0.2, 0.25) is 5.91 Å². The van der Waals surface area contributed by atoms with E-state index in [0.717, 1.165) is 4.47 Å². The van der Waals surface area contributed by atoms with Gasteiger partial charge in [-0.05, 0) is 36.4 Å². The van der Waals surface area contributed by atoms with Crippen LogP contribution in [0.2, 0.25) is 0 Å². The average Bonchev–Trinajstić information content (AvgIpc) is 3.01. The van der Waals surface area contributed by atoms with Gasteiger partial charge in [-0.15, -0.1) is 0 Å². The Morgan fingerprint density at radius 2 is 1.81 bits per heavy atom. The third kappa shape index (κ3) is 3.83. The van der Waals surface area contributed by atoms with Crippen LogP contribution in [0, 0.1) is 0 Å². The number of hydrogen-bond donors (Lipinski definition) is 1. The van der Waals surface area contributed by atoms with Crippen LogP contribution < -0.4 is 19.7 Å². The number of carbonyl (C=O) groups excluding carboxylic acids is 2. The lowest BCUT2D eigenvalue weighted by molar-refractivity contribution is -0.117. The van der Waals surface area contributed by atoms with Crippen molar-refractivity contribution in [1.82, 2.24) is 5.32 Å². The molecule has 0 aromatic heterocycles. The molecule has 136 valence electrons. The Labute approximate surface area is 160 Å². The van der Waals surface area contributed by atoms with Crippen molar-refractivity contribution in [1.29, 1.82) is 0 Å². The molecule has 1 atom stereocenters. The van der Waals surface area contributed by atoms with E-state index in [1.54, 1.807) is 49.5 Å². The third-order valence-electron chi connectivity index (χ3n) is 4.25. The first-order chi connectivity index (χ1) is 12.5. The number of amides is 2. The van der Waals surface area contributed by atoms with Crippen LogP contribution in [0.25, 0.3) is 0 Å². The van der Waals surface area contributed by atoms with Crippen LogP contribution in [0.3, 0.4) is 0 Å². The molecule has 26 heavy (non-hydrogen) atoms. The summed E-state index contributed by atoms with van der Waals surface area (Å²) in [5, 5.41) is 2.92. The molecule has 7 heteroatoms. The molecule has 6 nitrogen and oxygen atoms in total. The highest BCUT2D eigenvalue weighted by molar-refractivity contribution is 9.10. The summed E-state index contributed by atoms with van der Waals surface area (Å²) >= 11 is 3.34. The van der Waals surface area contributed by atoms with Gasteiger partial charge >= 0.3 is 0 Å². The SMILES string of the molecule is COc1ccc(N2CC(NC(=O)c3ccc(Br)cc3)CC2=O)cc1OC. The quantitative estimate of drug-likeness (QED) is 0.809. The van der Waals surface area contributed by atoms with E-state index in [2.05, 4.69) is 21.2 Å². The molecule has 0 radical (unpaired) electrons. The second-order valence-corrected chi connectivity index (χ2v) is 6.84. The first-order valence-electron chi connectivity index (χ1n) is 8.10. The lowest BCUT2D eigenvalue weighted by atomic mass is 10.2. The predicted octanol–water partition coefficient (Wildman–Crippen LogP) is 3.00. The topological polar surface area (TPSA) is 67.9 Å². The van der Waals surface area contributed by atoms with Gasteiger partial charge in [-0.2, -0.15) is 0 Å². The van der Waals surface area contributed by atoms with Gasteiger partial charge in [0.05, 0.1) is 20.3 Å². The van der Waals surface area contributed by atoms with Crippen LogP contribution in [0.15, 0.2) is 46.9 Å². The van der Waals surface area contributed by atoms with Crippen molar-refractivity contribution in [3.05, 3.63) is 52.5 Å². The molecule has 1 fully saturated rings. The Balaban J connectivity index is 1.70. The minimum atomic E-state index is -0.244. The van der Waals surface area contributed by atoms with E-state index in [1.807, 2.05) is 12.1 Å². The predicted molar refractivity (Wildman–Crippen MR) is 102 cm³/mol. The van der Waals surface area contributed by atoms with Crippen molar-refractivity contribution in [2.75, 3.05) is 25.7 Å². The van der Waals surface area contributed by atoms with Gasteiger partial charge in [-0.3, -0.25) is 9.59 Å². The largest absolute Gasteiger partial charge is 0.493 e. The molecule has 1 aliphatic rings. The molecule has 0 aliphatic carbocycles. The number of ether oxygens (including phenoxy) is 2. The minimum absolute atomic E-state index is 0.0432. The summed E-state index contributed by atoms with van der Waals surface area (Å²) in [6.07, 6.45) is 0.261. The zero-order valence-corrected chi connectivity index (χ0v) is 16.1. The Bertz CT molecular complexity index is 823. The number of nitrogens with zero attached hydrogens (tertiary/aromatic N) is 1. The lowest BCUT2D eigenvalue weighted by Gasteiger charge is -2.19. The summed E-state index contributed by atoms with van der Waals surface area (Å²) in [5.41, 5.74) is 1.28. The van der Waals surface area contributed by atoms with E-state index in [-0.39, 0.29) is 24.3 Å². The van der Waals surface area contributed by atoms with Gasteiger partial charge < -0.3 is 19.7 Å². The number of carbonyl (C=O) groups is 2. The number of halogens is 1. The van der Waals surface area contributed by atoms with Crippen LogP contribution in [-0.2, 0) is 4.79 Å². The van der Waals surface area contributed by atoms with E-state index in [4.69, 9.17) is 9.47 Å². The van der Waals surface area contributed by atoms with E-state index in [9.17, 15) is 9.59 Å². The zero-order chi connectivity index (χ0) is 18.7. The maximum atomic E-state index is 12.4. The fourth-order valence-corrected chi connectivity index (χ4v) is 3.18. The highest BCUT2D eigenvalue weighted by atomic mass is 79.9. The van der Waals surface area contributed by atoms with Gasteiger partial charge in [0.25, 0.3) is 5.91 Å². The van der Waals surface area contributed by atoms with Gasteiger partial charge in [0.15, 0.2) is 11.5 Å². The molecule has 1 saturated heterocycles. The van der Waals surface area contributed by atoms with Crippen molar-refractivity contribution in [3.63, 3.8) is 0 Å². The number of hydrogen-bond acceptors (Lipinski definition) is 4. The summed E-state index contributed by atoms with van der Waals surface area (Å²) in [6.45, 7) is 0.413. The smallest absolute Gasteiger partial charge is 0.251 e. The molecule has 2 amide bonds. The molecule has 0 saturated carbocycles. The van der Waals surface area contributed by atoms with Gasteiger partial charge in [0.1, 0.15) is 0 Å². The molecule has 0 spiro atoms. The van der Waals surface area contributed by atoms with Crippen molar-refractivity contribution >= 4 is 33.4 Å². The molecular formula is C19H19BrN2O4. The summed E-state index contributed by atoms with van der Waals surface area (Å²) in [7, 11) is 3.11. The van der Waals surface area contributed by atoms with Gasteiger partial charge in [0, 0.05) is 34.8 Å². The number of benzene rings is 2. The van der Waals surface area contributed by atoms with Crippen LogP contribution in [-0.4, -0.2) is 38.6 Å². The Kier molecular flexibility index (Phi) is 5.46. The van der Waals surface area contributed by atoms with Crippen molar-refractivity contribution in [3.8, 4) is 11.5 Å². The average molecular weight is 419 g/mol. The fraction of sp³-hybridized carbons (Fsp3) is 0.263. The van der Waals surface area contributed by atoms with Crippen molar-refractivity contribution < 1.29 is 19.1 Å². The molecule has 1 aliphatic heterocycles. The number of methoxy groups -OCH3 is 2. The first kappa shape index (κ1) is 18.3. The lowest BCUT2D eigenvalue weighted by Crippen LogP contribution is -2.37. The second-order valence-electron chi connectivity index (χ2n) is 5.93. The van der Waals surface area contributed by atoms with E-state index >= 15 is 0 Å². The summed E-state index contributed by atoms with van der Waals surface area (Å²) in [6, 6.07) is 12.2. The van der Waals surface area contributed by atoms with Crippen LogP contribution in [0.1, 0.15) is 16.8 Å². The molecular weight excluding hydrogens is 400 g/mol. The second kappa shape index (κ2) is 7.78. The molecule has 1 N–H and O–H groups in total. The Morgan fingerprint density at radius 3 is 2.46 bits per heavy atom. The number of rotatable bonds is 5. The summed E-state index contributed by atoms with van der Waals surface area (Å²) in [4.78, 5) is 26.4. The molecule has 0 bridgehead atoms. The monoisotopic (exact) mass is 418 g/mol. The van der Waals surface area contributed by atoms with E-state index in [0.29, 0.717) is 29.3 Å². The molecule has 3 rings (SSSR count). The van der Waals surface area contributed by atoms with Crippen LogP contribution >= 0.6 is 15.9 Å². The number of anilines is 1. The summed E-state index contributed by atoms with van der Waals surface area (Å²) < 4.78 is 11.4. The Morgan fingerprint density at radius 1 is 1.12 bits per heavy atom. The minimum Gasteiger partial charge on any atom is -0.493 e. The van der Waals surface area contributed by atoms with E-state index < -0.39 is 0 Å². The van der Waals surface area contributed by atoms with Gasteiger partial charge in [-0.25, -0.2) is 0 Å². The molecule has 1 heterocycles. The fourth-order valence-electron chi connectivity index (χ4n) is 2.92. The maximum absolute atomic E-state index is 12.4. The molecule has 2 aromatic carbocycles. The number of nitrogens with one attached hydrogen (secondary N) is 1. The summed E-state index contributed by atoms with van der Waals surface area (Å²) in [5.74, 6) is 0.922. The first-order valence-corrected chi connectivity index (χ1v) is 8.90. The Hall–Kier alpha value is -2.54. The third-order valence-corrected chi connectivity index (χ3v) is 4.77. The molecule has 1 unspecified atom stereocenters. The standard InChI is InChI=1S/C19H19BrN2O4/c1-25-16-8-7-15(10-17(16)26-2)22-11-14(9-18(22)23)21-19(24)12-3-5-13(20)6-4-12/h3-8,10,14H,9,11H2,1-2H3,(H,21,24). The normalized spacial score (nSPS) is 16.5. The van der Waals surface area contributed by atoms with Crippen LogP contribution in [0.5, 0.6) is 11.5 Å². The van der Waals surface area contributed by atoms with Crippen molar-refractivity contribution in [2.24, 2.45) is 0 Å². The zero-order valence-electron chi connectivity index (χ0n) is 14.5. The van der Waals surface area contributed by atoms with E-state index in [1.165, 1.54) is 0 Å². The van der Waals surface area contributed by atoms with Crippen LogP contribution in [0.4, 0.5) is 5.69 Å². The maximum Gasteiger partial charge on any atom is 0.251 e. The highest BCUT2D eigenvalue weighted by Crippen LogP contribution is 2.33. The molecule has 2 aromatic rings. The highest BCUT2D eigenvalue weighted by Gasteiger charge is 2.32.